The Kier molecular flexibility index (Phi) is 3.97. The number of rotatable bonds is 4. The molecule has 2 atom stereocenters. The summed E-state index contributed by atoms with van der Waals surface area (Å²) >= 11 is 0. The number of hydrogen-bond donors (Lipinski definition) is 1. The van der Waals surface area contributed by atoms with Crippen LogP contribution in [-0.4, -0.2) is 18.7 Å². The molecule has 3 heteroatoms. The summed E-state index contributed by atoms with van der Waals surface area (Å²) in [6.45, 7) is 3.19. The average molecular weight is 277 g/mol. The zero-order valence-corrected chi connectivity index (χ0v) is 12.2. The summed E-state index contributed by atoms with van der Waals surface area (Å²) in [6.07, 6.45) is 7.86. The molecule has 2 nitrogen and oxygen atoms in total. The third-order valence-corrected chi connectivity index (χ3v) is 5.11. The van der Waals surface area contributed by atoms with Crippen molar-refractivity contribution in [2.75, 3.05) is 6.54 Å². The molecule has 20 heavy (non-hydrogen) atoms. The molecule has 2 unspecified atom stereocenters. The lowest BCUT2D eigenvalue weighted by Crippen LogP contribution is -2.65. The number of nitrogens with one attached hydrogen (secondary N) is 1. The molecule has 0 saturated heterocycles. The average Bonchev–Trinajstić information content (AvgIpc) is 2.49. The first-order valence-corrected chi connectivity index (χ1v) is 7.90. The first-order valence-electron chi connectivity index (χ1n) is 7.90. The highest BCUT2D eigenvalue weighted by Gasteiger charge is 2.56. The van der Waals surface area contributed by atoms with Gasteiger partial charge in [0.25, 0.3) is 0 Å². The molecule has 0 aromatic heterocycles. The normalized spacial score (nSPS) is 28.1. The van der Waals surface area contributed by atoms with E-state index in [2.05, 4.69) is 12.2 Å². The predicted octanol–water partition coefficient (Wildman–Crippen LogP) is 3.91. The first kappa shape index (κ1) is 13.9. The van der Waals surface area contributed by atoms with Crippen molar-refractivity contribution in [1.82, 2.24) is 5.32 Å². The van der Waals surface area contributed by atoms with E-state index in [1.54, 1.807) is 12.1 Å². The van der Waals surface area contributed by atoms with Crippen molar-refractivity contribution in [2.24, 2.45) is 5.41 Å². The molecule has 1 N–H and O–H groups in total. The minimum Gasteiger partial charge on any atom is -0.490 e. The highest BCUT2D eigenvalue weighted by Crippen LogP contribution is 2.53. The van der Waals surface area contributed by atoms with Crippen LogP contribution < -0.4 is 10.1 Å². The fourth-order valence-electron chi connectivity index (χ4n) is 4.00. The minimum absolute atomic E-state index is 0.205. The van der Waals surface area contributed by atoms with Crippen molar-refractivity contribution in [3.8, 4) is 5.75 Å². The molecule has 1 aromatic carbocycles. The topological polar surface area (TPSA) is 21.3 Å². The molecule has 2 aliphatic rings. The van der Waals surface area contributed by atoms with Crippen molar-refractivity contribution in [3.05, 3.63) is 30.1 Å². The van der Waals surface area contributed by atoms with E-state index in [4.69, 9.17) is 4.74 Å². The molecule has 2 aliphatic carbocycles. The Bertz CT molecular complexity index is 439. The van der Waals surface area contributed by atoms with Crippen LogP contribution in [0.3, 0.4) is 0 Å². The van der Waals surface area contributed by atoms with Crippen molar-refractivity contribution >= 4 is 0 Å². The van der Waals surface area contributed by atoms with Gasteiger partial charge in [0.2, 0.25) is 0 Å². The van der Waals surface area contributed by atoms with E-state index < -0.39 is 0 Å². The molecule has 3 rings (SSSR count). The molecule has 2 saturated carbocycles. The van der Waals surface area contributed by atoms with Crippen molar-refractivity contribution in [3.63, 3.8) is 0 Å². The monoisotopic (exact) mass is 277 g/mol. The molecule has 1 spiro atoms. The molecule has 0 amide bonds. The maximum atomic E-state index is 13.0. The van der Waals surface area contributed by atoms with E-state index in [-0.39, 0.29) is 11.9 Å². The summed E-state index contributed by atoms with van der Waals surface area (Å²) in [5, 5.41) is 3.63. The van der Waals surface area contributed by atoms with E-state index in [0.717, 1.165) is 18.7 Å². The Labute approximate surface area is 120 Å². The van der Waals surface area contributed by atoms with Crippen LogP contribution in [0.15, 0.2) is 24.3 Å². The van der Waals surface area contributed by atoms with Gasteiger partial charge in [-0.3, -0.25) is 0 Å². The molecule has 110 valence electrons. The smallest absolute Gasteiger partial charge is 0.123 e. The Morgan fingerprint density at radius 1 is 1.20 bits per heavy atom. The molecular weight excluding hydrogens is 253 g/mol. The van der Waals surface area contributed by atoms with Crippen molar-refractivity contribution < 1.29 is 9.13 Å². The molecule has 0 heterocycles. The fraction of sp³-hybridized carbons (Fsp3) is 0.647. The van der Waals surface area contributed by atoms with Gasteiger partial charge in [0.1, 0.15) is 17.7 Å². The van der Waals surface area contributed by atoms with Gasteiger partial charge in [0.15, 0.2) is 0 Å². The zero-order chi connectivity index (χ0) is 14.0. The van der Waals surface area contributed by atoms with E-state index in [1.807, 2.05) is 0 Å². The summed E-state index contributed by atoms with van der Waals surface area (Å²) in [5.41, 5.74) is 0.308. The fourth-order valence-corrected chi connectivity index (χ4v) is 4.00. The van der Waals surface area contributed by atoms with Crippen LogP contribution in [-0.2, 0) is 0 Å². The first-order chi connectivity index (χ1) is 9.74. The molecule has 0 bridgehead atoms. The van der Waals surface area contributed by atoms with E-state index in [9.17, 15) is 4.39 Å². The Balaban J connectivity index is 1.71. The number of halogens is 1. The molecule has 0 radical (unpaired) electrons. The van der Waals surface area contributed by atoms with Crippen molar-refractivity contribution in [2.45, 2.75) is 57.6 Å². The summed E-state index contributed by atoms with van der Waals surface area (Å²) in [5.74, 6) is 0.597. The van der Waals surface area contributed by atoms with E-state index in [1.165, 1.54) is 44.2 Å². The second kappa shape index (κ2) is 5.72. The van der Waals surface area contributed by atoms with Crippen LogP contribution >= 0.6 is 0 Å². The maximum absolute atomic E-state index is 13.0. The predicted molar refractivity (Wildman–Crippen MR) is 78.4 cm³/mol. The minimum atomic E-state index is -0.205. The van der Waals surface area contributed by atoms with Crippen LogP contribution in [0.2, 0.25) is 0 Å². The van der Waals surface area contributed by atoms with Gasteiger partial charge in [-0.25, -0.2) is 4.39 Å². The van der Waals surface area contributed by atoms with Gasteiger partial charge in [0, 0.05) is 17.9 Å². The molecule has 2 fully saturated rings. The lowest BCUT2D eigenvalue weighted by Gasteiger charge is -2.57. The lowest BCUT2D eigenvalue weighted by atomic mass is 9.55. The number of benzene rings is 1. The van der Waals surface area contributed by atoms with Gasteiger partial charge in [-0.05, 0) is 43.7 Å². The van der Waals surface area contributed by atoms with Crippen molar-refractivity contribution in [1.29, 1.82) is 0 Å². The molecule has 0 aliphatic heterocycles. The second-order valence-corrected chi connectivity index (χ2v) is 6.20. The van der Waals surface area contributed by atoms with Crippen LogP contribution in [0, 0.1) is 11.2 Å². The second-order valence-electron chi connectivity index (χ2n) is 6.20. The maximum Gasteiger partial charge on any atom is 0.123 e. The van der Waals surface area contributed by atoms with Gasteiger partial charge < -0.3 is 10.1 Å². The van der Waals surface area contributed by atoms with Crippen LogP contribution in [0.1, 0.15) is 45.4 Å². The van der Waals surface area contributed by atoms with Crippen LogP contribution in [0.5, 0.6) is 5.75 Å². The Morgan fingerprint density at radius 3 is 2.55 bits per heavy atom. The zero-order valence-electron chi connectivity index (χ0n) is 12.2. The van der Waals surface area contributed by atoms with Gasteiger partial charge in [-0.2, -0.15) is 0 Å². The Morgan fingerprint density at radius 2 is 1.90 bits per heavy atom. The van der Waals surface area contributed by atoms with Crippen LogP contribution in [0.4, 0.5) is 4.39 Å². The highest BCUT2D eigenvalue weighted by molar-refractivity contribution is 5.24. The molecule has 1 aromatic rings. The number of hydrogen-bond acceptors (Lipinski definition) is 2. The largest absolute Gasteiger partial charge is 0.490 e. The standard InChI is InChI=1S/C17H24FNO/c1-2-19-15-12-16(17(15)10-4-3-5-11-17)20-14-8-6-13(18)7-9-14/h6-9,15-16,19H,2-5,10-12H2,1H3. The van der Waals surface area contributed by atoms with Gasteiger partial charge >= 0.3 is 0 Å². The third kappa shape index (κ3) is 2.44. The summed E-state index contributed by atoms with van der Waals surface area (Å²) in [7, 11) is 0. The van der Waals surface area contributed by atoms with E-state index in [0.29, 0.717) is 11.5 Å². The summed E-state index contributed by atoms with van der Waals surface area (Å²) < 4.78 is 19.1. The third-order valence-electron chi connectivity index (χ3n) is 5.11. The molecular formula is C17H24FNO. The highest BCUT2D eigenvalue weighted by atomic mass is 19.1. The SMILES string of the molecule is CCNC1CC(Oc2ccc(F)cc2)C12CCCCC2. The van der Waals surface area contributed by atoms with Gasteiger partial charge in [-0.15, -0.1) is 0 Å². The summed E-state index contributed by atoms with van der Waals surface area (Å²) in [6, 6.07) is 7.03. The van der Waals surface area contributed by atoms with Gasteiger partial charge in [-0.1, -0.05) is 26.2 Å². The quantitative estimate of drug-likeness (QED) is 0.901. The summed E-state index contributed by atoms with van der Waals surface area (Å²) in [4.78, 5) is 0. The van der Waals surface area contributed by atoms with E-state index >= 15 is 0 Å². The van der Waals surface area contributed by atoms with Gasteiger partial charge in [0.05, 0.1) is 0 Å². The Hall–Kier alpha value is -1.09. The number of ether oxygens (including phenoxy) is 1. The lowest BCUT2D eigenvalue weighted by molar-refractivity contribution is -0.102. The van der Waals surface area contributed by atoms with Crippen LogP contribution in [0.25, 0.3) is 0 Å².